The molecule has 1 amide bonds. The fraction of sp³-hybridized carbons (Fsp3) is 0.296. The number of anilines is 3. The van der Waals surface area contributed by atoms with E-state index < -0.39 is 11.7 Å². The van der Waals surface area contributed by atoms with E-state index in [2.05, 4.69) is 15.4 Å². The number of methoxy groups -OCH3 is 2. The lowest BCUT2D eigenvalue weighted by molar-refractivity contribution is 0.0635. The molecule has 0 saturated carbocycles. The van der Waals surface area contributed by atoms with Gasteiger partial charge in [0, 0.05) is 25.2 Å². The second-order valence-electron chi connectivity index (χ2n) is 9.67. The Bertz CT molecular complexity index is 1460. The Hall–Kier alpha value is -4.47. The van der Waals surface area contributed by atoms with E-state index >= 15 is 0 Å². The predicted octanol–water partition coefficient (Wildman–Crippen LogP) is 5.08. The van der Waals surface area contributed by atoms with Crippen LogP contribution in [0.2, 0.25) is 0 Å². The van der Waals surface area contributed by atoms with Crippen LogP contribution >= 0.6 is 0 Å². The lowest BCUT2D eigenvalue weighted by Gasteiger charge is -2.20. The lowest BCUT2D eigenvalue weighted by atomic mass is 10.0. The van der Waals surface area contributed by atoms with Crippen LogP contribution in [-0.4, -0.2) is 54.6 Å². The molecular formula is C27H32N6O4. The van der Waals surface area contributed by atoms with E-state index in [-0.39, 0.29) is 0 Å². The summed E-state index contributed by atoms with van der Waals surface area (Å²) in [7, 11) is 7.11. The van der Waals surface area contributed by atoms with Crippen LogP contribution in [0, 0.1) is 0 Å². The smallest absolute Gasteiger partial charge is 0.412 e. The van der Waals surface area contributed by atoms with Crippen LogP contribution in [0.25, 0.3) is 27.9 Å². The summed E-state index contributed by atoms with van der Waals surface area (Å²) in [5, 5.41) is 7.23. The third-order valence-corrected chi connectivity index (χ3v) is 5.69. The molecule has 10 nitrogen and oxygen atoms in total. The van der Waals surface area contributed by atoms with Crippen molar-refractivity contribution in [2.24, 2.45) is 0 Å². The van der Waals surface area contributed by atoms with Crippen molar-refractivity contribution in [3.05, 3.63) is 48.8 Å². The molecule has 0 bridgehead atoms. The number of hydrogen-bond donors (Lipinski definition) is 2. The summed E-state index contributed by atoms with van der Waals surface area (Å²) < 4.78 is 18.3. The molecule has 37 heavy (non-hydrogen) atoms. The number of rotatable bonds is 6. The molecule has 0 aliphatic rings. The fourth-order valence-corrected chi connectivity index (χ4v) is 4.08. The van der Waals surface area contributed by atoms with E-state index in [1.165, 1.54) is 6.33 Å². The zero-order valence-electron chi connectivity index (χ0n) is 22.1. The molecule has 0 unspecified atom stereocenters. The number of carbonyl (C=O) groups excluding carboxylic acids is 1. The normalized spacial score (nSPS) is 11.3. The molecule has 3 N–H and O–H groups in total. The maximum absolute atomic E-state index is 12.3. The van der Waals surface area contributed by atoms with Crippen molar-refractivity contribution in [1.82, 2.24) is 14.6 Å². The number of benzene rings is 2. The first-order valence-electron chi connectivity index (χ1n) is 11.7. The summed E-state index contributed by atoms with van der Waals surface area (Å²) in [5.74, 6) is 1.54. The summed E-state index contributed by atoms with van der Waals surface area (Å²) in [5.41, 5.74) is 11.1. The van der Waals surface area contributed by atoms with Crippen LogP contribution < -0.4 is 25.4 Å². The van der Waals surface area contributed by atoms with Crippen LogP contribution in [0.5, 0.6) is 11.5 Å². The maximum Gasteiger partial charge on any atom is 0.412 e. The van der Waals surface area contributed by atoms with Gasteiger partial charge in [-0.2, -0.15) is 5.10 Å². The molecular weight excluding hydrogens is 472 g/mol. The molecule has 194 valence electrons. The van der Waals surface area contributed by atoms with Crippen molar-refractivity contribution in [1.29, 1.82) is 0 Å². The molecule has 0 atom stereocenters. The van der Waals surface area contributed by atoms with Gasteiger partial charge >= 0.3 is 6.09 Å². The average molecular weight is 505 g/mol. The lowest BCUT2D eigenvalue weighted by Crippen LogP contribution is -2.27. The Morgan fingerprint density at radius 1 is 1.00 bits per heavy atom. The van der Waals surface area contributed by atoms with Crippen molar-refractivity contribution in [3.63, 3.8) is 0 Å². The Balaban J connectivity index is 1.81. The van der Waals surface area contributed by atoms with Gasteiger partial charge in [0.15, 0.2) is 5.82 Å². The highest BCUT2D eigenvalue weighted by molar-refractivity contribution is 5.94. The molecule has 10 heteroatoms. The second-order valence-corrected chi connectivity index (χ2v) is 9.67. The van der Waals surface area contributed by atoms with Crippen molar-refractivity contribution in [3.8, 4) is 33.9 Å². The zero-order chi connectivity index (χ0) is 26.9. The molecule has 0 saturated heterocycles. The van der Waals surface area contributed by atoms with E-state index in [9.17, 15) is 4.79 Å². The standard InChI is InChI=1S/C27H32N6O4/c1-27(2,3)37-26(34)31-19-10-8-16(12-22(19)35-6)18-14-21(33-24(18)25(28)29-15-30-33)17-9-11-20(32(4)5)23(13-17)36-7/h8-15H,1-7H3,(H,31,34)(H2,28,29,30). The van der Waals surface area contributed by atoms with Crippen LogP contribution in [0.1, 0.15) is 20.8 Å². The average Bonchev–Trinajstić information content (AvgIpc) is 3.23. The number of nitrogens with two attached hydrogens (primary N) is 1. The van der Waals surface area contributed by atoms with Crippen molar-refractivity contribution < 1.29 is 19.0 Å². The molecule has 0 aliphatic heterocycles. The van der Waals surface area contributed by atoms with E-state index in [0.717, 1.165) is 33.8 Å². The molecule has 4 rings (SSSR count). The number of hydrogen-bond acceptors (Lipinski definition) is 8. The minimum absolute atomic E-state index is 0.336. The molecule has 0 fully saturated rings. The third kappa shape index (κ3) is 5.23. The molecule has 2 heterocycles. The molecule has 4 aromatic rings. The molecule has 2 aromatic heterocycles. The van der Waals surface area contributed by atoms with Gasteiger partial charge in [0.1, 0.15) is 28.9 Å². The number of carbonyl (C=O) groups is 1. The van der Waals surface area contributed by atoms with Gasteiger partial charge in [-0.15, -0.1) is 0 Å². The first-order valence-corrected chi connectivity index (χ1v) is 11.7. The van der Waals surface area contributed by atoms with Crippen LogP contribution in [-0.2, 0) is 4.74 Å². The third-order valence-electron chi connectivity index (χ3n) is 5.69. The number of fused-ring (bicyclic) bond motifs is 1. The predicted molar refractivity (Wildman–Crippen MR) is 146 cm³/mol. The van der Waals surface area contributed by atoms with Gasteiger partial charge in [0.2, 0.25) is 0 Å². The topological polar surface area (TPSA) is 116 Å². The van der Waals surface area contributed by atoms with Crippen LogP contribution in [0.15, 0.2) is 48.8 Å². The van der Waals surface area contributed by atoms with Gasteiger partial charge in [0.05, 0.1) is 31.3 Å². The molecule has 0 aliphatic carbocycles. The van der Waals surface area contributed by atoms with E-state index in [1.807, 2.05) is 55.4 Å². The van der Waals surface area contributed by atoms with Crippen molar-refractivity contribution >= 4 is 28.8 Å². The summed E-state index contributed by atoms with van der Waals surface area (Å²) in [6.07, 6.45) is 0.859. The van der Waals surface area contributed by atoms with Crippen molar-refractivity contribution in [2.45, 2.75) is 26.4 Å². The van der Waals surface area contributed by atoms with Crippen LogP contribution in [0.4, 0.5) is 22.0 Å². The Morgan fingerprint density at radius 3 is 2.32 bits per heavy atom. The van der Waals surface area contributed by atoms with Gasteiger partial charge in [-0.3, -0.25) is 5.32 Å². The minimum atomic E-state index is -0.621. The monoisotopic (exact) mass is 504 g/mol. The first-order chi connectivity index (χ1) is 17.5. The Morgan fingerprint density at radius 2 is 1.68 bits per heavy atom. The Labute approximate surface area is 216 Å². The molecule has 2 aromatic carbocycles. The summed E-state index contributed by atoms with van der Waals surface area (Å²) in [6, 6.07) is 13.4. The number of amides is 1. The fourth-order valence-electron chi connectivity index (χ4n) is 4.08. The second kappa shape index (κ2) is 9.88. The van der Waals surface area contributed by atoms with Gasteiger partial charge in [0.25, 0.3) is 0 Å². The number of aromatic nitrogens is 3. The van der Waals surface area contributed by atoms with Gasteiger partial charge in [-0.1, -0.05) is 12.1 Å². The largest absolute Gasteiger partial charge is 0.495 e. The SMILES string of the molecule is COc1cc(-c2cc(-c3ccc(N(C)C)c(OC)c3)n3ncnc(N)c23)ccc1NC(=O)OC(C)(C)C. The highest BCUT2D eigenvalue weighted by Crippen LogP contribution is 2.39. The Kier molecular flexibility index (Phi) is 6.84. The number of ether oxygens (including phenoxy) is 3. The summed E-state index contributed by atoms with van der Waals surface area (Å²) in [4.78, 5) is 18.5. The maximum atomic E-state index is 12.3. The van der Waals surface area contributed by atoms with E-state index in [4.69, 9.17) is 19.9 Å². The summed E-state index contributed by atoms with van der Waals surface area (Å²) in [6.45, 7) is 5.41. The zero-order valence-corrected chi connectivity index (χ0v) is 22.1. The number of nitrogens with one attached hydrogen (secondary N) is 1. The van der Waals surface area contributed by atoms with Crippen LogP contribution in [0.3, 0.4) is 0 Å². The number of nitrogen functional groups attached to an aromatic ring is 1. The van der Waals surface area contributed by atoms with Crippen molar-refractivity contribution in [2.75, 3.05) is 44.3 Å². The highest BCUT2D eigenvalue weighted by Gasteiger charge is 2.21. The van der Waals surface area contributed by atoms with Gasteiger partial charge < -0.3 is 24.8 Å². The van der Waals surface area contributed by atoms with E-state index in [0.29, 0.717) is 22.8 Å². The number of nitrogens with zero attached hydrogens (tertiary/aromatic N) is 4. The highest BCUT2D eigenvalue weighted by atomic mass is 16.6. The quantitative estimate of drug-likeness (QED) is 0.374. The first kappa shape index (κ1) is 25.6. The minimum Gasteiger partial charge on any atom is -0.495 e. The van der Waals surface area contributed by atoms with E-state index in [1.54, 1.807) is 45.6 Å². The summed E-state index contributed by atoms with van der Waals surface area (Å²) >= 11 is 0. The van der Waals surface area contributed by atoms with Gasteiger partial charge in [-0.05, 0) is 56.7 Å². The molecule has 0 spiro atoms. The van der Waals surface area contributed by atoms with Gasteiger partial charge in [-0.25, -0.2) is 14.3 Å². The molecule has 0 radical (unpaired) electrons.